The fourth-order valence-corrected chi connectivity index (χ4v) is 1.31. The summed E-state index contributed by atoms with van der Waals surface area (Å²) in [4.78, 5) is 11.1. The van der Waals surface area contributed by atoms with Gasteiger partial charge in [-0.1, -0.05) is 0 Å². The van der Waals surface area contributed by atoms with Crippen LogP contribution in [0.3, 0.4) is 0 Å². The largest absolute Gasteiger partial charge is 0.376 e. The zero-order chi connectivity index (χ0) is 9.52. The van der Waals surface area contributed by atoms with Crippen LogP contribution >= 0.6 is 0 Å². The molecule has 1 aliphatic heterocycles. The number of hydrogen-bond donors (Lipinski definition) is 1. The average Bonchev–Trinajstić information content (AvgIpc) is 2.64. The summed E-state index contributed by atoms with van der Waals surface area (Å²) in [6.45, 7) is 1.45. The molecule has 0 aromatic carbocycles. The Hall–Kier alpha value is -1.01. The number of hydrogen-bond acceptors (Lipinski definition) is 2. The summed E-state index contributed by atoms with van der Waals surface area (Å²) in [5, 5.41) is 2.80. The quantitative estimate of drug-likeness (QED) is 0.648. The van der Waals surface area contributed by atoms with Gasteiger partial charge >= 0.3 is 0 Å². The third-order valence-electron chi connectivity index (χ3n) is 2.05. The van der Waals surface area contributed by atoms with Crippen molar-refractivity contribution in [1.29, 1.82) is 0 Å². The minimum Gasteiger partial charge on any atom is -0.376 e. The predicted octanol–water partition coefficient (Wildman–Crippen LogP) is 0.695. The lowest BCUT2D eigenvalue weighted by molar-refractivity contribution is -0.121. The molecule has 1 rings (SSSR count). The van der Waals surface area contributed by atoms with Crippen LogP contribution in [0.25, 0.3) is 0 Å². The van der Waals surface area contributed by atoms with Crippen LogP contribution in [0.5, 0.6) is 0 Å². The van der Waals surface area contributed by atoms with Crippen molar-refractivity contribution in [2.45, 2.75) is 31.8 Å². The van der Waals surface area contributed by atoms with Crippen LogP contribution in [0, 0.1) is 12.3 Å². The molecule has 72 valence electrons. The van der Waals surface area contributed by atoms with E-state index in [0.29, 0.717) is 19.4 Å². The highest BCUT2D eigenvalue weighted by Gasteiger charge is 2.15. The van der Waals surface area contributed by atoms with Gasteiger partial charge in [-0.15, -0.1) is 12.3 Å². The maximum absolute atomic E-state index is 11.1. The highest BCUT2D eigenvalue weighted by molar-refractivity contribution is 5.76. The van der Waals surface area contributed by atoms with Gasteiger partial charge in [0.05, 0.1) is 6.10 Å². The summed E-state index contributed by atoms with van der Waals surface area (Å²) in [6, 6.07) is 0. The molecular weight excluding hydrogens is 166 g/mol. The number of rotatable bonds is 4. The zero-order valence-electron chi connectivity index (χ0n) is 7.71. The van der Waals surface area contributed by atoms with Crippen LogP contribution < -0.4 is 5.32 Å². The molecule has 0 aliphatic carbocycles. The topological polar surface area (TPSA) is 38.3 Å². The van der Waals surface area contributed by atoms with Crippen LogP contribution in [-0.4, -0.2) is 25.2 Å². The summed E-state index contributed by atoms with van der Waals surface area (Å²) >= 11 is 0. The molecule has 1 fully saturated rings. The van der Waals surface area contributed by atoms with E-state index >= 15 is 0 Å². The Balaban J connectivity index is 2.04. The second-order valence-corrected chi connectivity index (χ2v) is 3.14. The first-order valence-electron chi connectivity index (χ1n) is 4.64. The predicted molar refractivity (Wildman–Crippen MR) is 50.1 cm³/mol. The fourth-order valence-electron chi connectivity index (χ4n) is 1.31. The molecular formula is C10H15NO2. The van der Waals surface area contributed by atoms with Crippen molar-refractivity contribution in [2.24, 2.45) is 0 Å². The third-order valence-corrected chi connectivity index (χ3v) is 2.05. The maximum atomic E-state index is 11.1. The average molecular weight is 181 g/mol. The molecule has 13 heavy (non-hydrogen) atoms. The molecule has 1 aliphatic rings. The number of ether oxygens (including phenoxy) is 1. The van der Waals surface area contributed by atoms with E-state index in [4.69, 9.17) is 11.2 Å². The van der Waals surface area contributed by atoms with Gasteiger partial charge in [0.25, 0.3) is 0 Å². The van der Waals surface area contributed by atoms with Crippen molar-refractivity contribution in [3.8, 4) is 12.3 Å². The fraction of sp³-hybridized carbons (Fsp3) is 0.700. The minimum absolute atomic E-state index is 0.0217. The summed E-state index contributed by atoms with van der Waals surface area (Å²) in [6.07, 6.45) is 8.34. The van der Waals surface area contributed by atoms with Crippen LogP contribution in [-0.2, 0) is 9.53 Å². The number of terminal acetylenes is 1. The molecule has 1 N–H and O–H groups in total. The lowest BCUT2D eigenvalue weighted by Gasteiger charge is -2.09. The van der Waals surface area contributed by atoms with E-state index in [-0.39, 0.29) is 12.0 Å². The normalized spacial score (nSPS) is 21.0. The van der Waals surface area contributed by atoms with E-state index in [2.05, 4.69) is 11.2 Å². The van der Waals surface area contributed by atoms with Crippen molar-refractivity contribution in [1.82, 2.24) is 5.32 Å². The monoisotopic (exact) mass is 181 g/mol. The molecule has 3 heteroatoms. The molecule has 1 atom stereocenters. The Kier molecular flexibility index (Phi) is 4.34. The molecule has 1 heterocycles. The second kappa shape index (κ2) is 5.60. The van der Waals surface area contributed by atoms with E-state index in [0.717, 1.165) is 19.4 Å². The molecule has 1 unspecified atom stereocenters. The Morgan fingerprint density at radius 2 is 2.54 bits per heavy atom. The van der Waals surface area contributed by atoms with Crippen LogP contribution in [0.4, 0.5) is 0 Å². The van der Waals surface area contributed by atoms with E-state index in [1.54, 1.807) is 0 Å². The zero-order valence-corrected chi connectivity index (χ0v) is 7.71. The molecule has 1 amide bonds. The highest BCUT2D eigenvalue weighted by atomic mass is 16.5. The van der Waals surface area contributed by atoms with Gasteiger partial charge < -0.3 is 10.1 Å². The summed E-state index contributed by atoms with van der Waals surface area (Å²) in [5.41, 5.74) is 0. The van der Waals surface area contributed by atoms with Crippen molar-refractivity contribution in [2.75, 3.05) is 13.2 Å². The van der Waals surface area contributed by atoms with Gasteiger partial charge in [0.1, 0.15) is 0 Å². The van der Waals surface area contributed by atoms with Gasteiger partial charge in [-0.2, -0.15) is 0 Å². The van der Waals surface area contributed by atoms with Gasteiger partial charge in [-0.3, -0.25) is 4.79 Å². The lowest BCUT2D eigenvalue weighted by atomic mass is 10.2. The van der Waals surface area contributed by atoms with Crippen LogP contribution in [0.2, 0.25) is 0 Å². The first kappa shape index (κ1) is 10.1. The van der Waals surface area contributed by atoms with Gasteiger partial charge in [0, 0.05) is 26.0 Å². The Morgan fingerprint density at radius 1 is 1.69 bits per heavy atom. The molecule has 0 aromatic heterocycles. The van der Waals surface area contributed by atoms with Gasteiger partial charge in [-0.25, -0.2) is 0 Å². The number of amides is 1. The SMILES string of the molecule is C#CCCC(=O)NCC1CCCO1. The molecule has 0 spiro atoms. The molecule has 0 aromatic rings. The third kappa shape index (κ3) is 3.95. The lowest BCUT2D eigenvalue weighted by Crippen LogP contribution is -2.31. The first-order chi connectivity index (χ1) is 6.33. The Morgan fingerprint density at radius 3 is 3.15 bits per heavy atom. The van der Waals surface area contributed by atoms with Crippen LogP contribution in [0.1, 0.15) is 25.7 Å². The van der Waals surface area contributed by atoms with E-state index < -0.39 is 0 Å². The van der Waals surface area contributed by atoms with Crippen molar-refractivity contribution in [3.63, 3.8) is 0 Å². The van der Waals surface area contributed by atoms with Crippen molar-refractivity contribution >= 4 is 5.91 Å². The maximum Gasteiger partial charge on any atom is 0.221 e. The Labute approximate surface area is 78.8 Å². The minimum atomic E-state index is 0.0217. The molecule has 1 saturated heterocycles. The molecule has 3 nitrogen and oxygen atoms in total. The van der Waals surface area contributed by atoms with Crippen molar-refractivity contribution < 1.29 is 9.53 Å². The standard InChI is InChI=1S/C10H15NO2/c1-2-3-6-10(12)11-8-9-5-4-7-13-9/h1,9H,3-8H2,(H,11,12). The van der Waals surface area contributed by atoms with Gasteiger partial charge in [-0.05, 0) is 12.8 Å². The summed E-state index contributed by atoms with van der Waals surface area (Å²) in [5.74, 6) is 2.46. The first-order valence-corrected chi connectivity index (χ1v) is 4.64. The number of nitrogens with one attached hydrogen (secondary N) is 1. The van der Waals surface area contributed by atoms with Gasteiger partial charge in [0.15, 0.2) is 0 Å². The van der Waals surface area contributed by atoms with Gasteiger partial charge in [0.2, 0.25) is 5.91 Å². The van der Waals surface area contributed by atoms with E-state index in [1.165, 1.54) is 0 Å². The second-order valence-electron chi connectivity index (χ2n) is 3.14. The summed E-state index contributed by atoms with van der Waals surface area (Å²) in [7, 11) is 0. The molecule has 0 saturated carbocycles. The number of carbonyl (C=O) groups is 1. The smallest absolute Gasteiger partial charge is 0.221 e. The highest BCUT2D eigenvalue weighted by Crippen LogP contribution is 2.10. The molecule has 0 bridgehead atoms. The molecule has 0 radical (unpaired) electrons. The number of carbonyl (C=O) groups excluding carboxylic acids is 1. The van der Waals surface area contributed by atoms with E-state index in [1.807, 2.05) is 0 Å². The van der Waals surface area contributed by atoms with E-state index in [9.17, 15) is 4.79 Å². The van der Waals surface area contributed by atoms with Crippen molar-refractivity contribution in [3.05, 3.63) is 0 Å². The Bertz CT molecular complexity index is 201. The summed E-state index contributed by atoms with van der Waals surface area (Å²) < 4.78 is 5.35. The van der Waals surface area contributed by atoms with Crippen LogP contribution in [0.15, 0.2) is 0 Å².